The molecule has 27 heavy (non-hydrogen) atoms. The Morgan fingerprint density at radius 3 is 2.96 bits per heavy atom. The molecule has 1 saturated heterocycles. The van der Waals surface area contributed by atoms with Crippen molar-refractivity contribution in [3.8, 4) is 5.69 Å². The van der Waals surface area contributed by atoms with Crippen LogP contribution < -0.4 is 5.32 Å². The van der Waals surface area contributed by atoms with Crippen molar-refractivity contribution in [2.24, 2.45) is 0 Å². The fourth-order valence-corrected chi connectivity index (χ4v) is 4.93. The Morgan fingerprint density at radius 2 is 2.15 bits per heavy atom. The van der Waals surface area contributed by atoms with Crippen LogP contribution in [0.1, 0.15) is 42.3 Å². The summed E-state index contributed by atoms with van der Waals surface area (Å²) in [7, 11) is 0. The van der Waals surface area contributed by atoms with Crippen molar-refractivity contribution in [2.75, 3.05) is 19.6 Å². The number of fused-ring (bicyclic) bond motifs is 1. The first-order valence-electron chi connectivity index (χ1n) is 9.77. The number of piperidine rings is 1. The SMILES string of the molecule is C[C@H]1CCCCN1CCCNC(=O)c1sc2ncccc2c1-n1cccc1. The number of likely N-dealkylation sites (tertiary alicyclic amines) is 1. The summed E-state index contributed by atoms with van der Waals surface area (Å²) in [5.74, 6) is -0.00612. The lowest BCUT2D eigenvalue weighted by atomic mass is 10.0. The number of amides is 1. The minimum Gasteiger partial charge on any atom is -0.351 e. The van der Waals surface area contributed by atoms with E-state index in [1.165, 1.54) is 37.1 Å². The van der Waals surface area contributed by atoms with Crippen LogP contribution in [0.25, 0.3) is 15.9 Å². The standard InChI is InChI=1S/C21H26N4OS/c1-16-8-2-3-12-24(16)15-7-11-22-20(26)19-18(25-13-4-5-14-25)17-9-6-10-23-21(17)27-19/h4-6,9-10,13-14,16H,2-3,7-8,11-12,15H2,1H3,(H,22,26)/t16-/m0/s1. The van der Waals surface area contributed by atoms with Crippen LogP contribution in [0.4, 0.5) is 0 Å². The van der Waals surface area contributed by atoms with Crippen LogP contribution in [0.3, 0.4) is 0 Å². The summed E-state index contributed by atoms with van der Waals surface area (Å²) in [6.45, 7) is 5.26. The zero-order valence-electron chi connectivity index (χ0n) is 15.7. The Balaban J connectivity index is 1.44. The van der Waals surface area contributed by atoms with Gasteiger partial charge in [-0.05, 0) is 57.0 Å². The second-order valence-corrected chi connectivity index (χ2v) is 8.22. The first kappa shape index (κ1) is 18.2. The van der Waals surface area contributed by atoms with Crippen molar-refractivity contribution >= 4 is 27.5 Å². The lowest BCUT2D eigenvalue weighted by Gasteiger charge is -2.33. The Hall–Kier alpha value is -2.18. The lowest BCUT2D eigenvalue weighted by molar-refractivity contribution is 0.0953. The van der Waals surface area contributed by atoms with Crippen molar-refractivity contribution in [3.05, 3.63) is 47.7 Å². The van der Waals surface area contributed by atoms with Crippen LogP contribution in [-0.2, 0) is 0 Å². The maximum Gasteiger partial charge on any atom is 0.263 e. The highest BCUT2D eigenvalue weighted by molar-refractivity contribution is 7.21. The summed E-state index contributed by atoms with van der Waals surface area (Å²) in [5, 5.41) is 4.14. The third kappa shape index (κ3) is 3.92. The van der Waals surface area contributed by atoms with Crippen molar-refractivity contribution in [2.45, 2.75) is 38.6 Å². The molecule has 6 heteroatoms. The molecule has 0 unspecified atom stereocenters. The van der Waals surface area contributed by atoms with Gasteiger partial charge < -0.3 is 14.8 Å². The van der Waals surface area contributed by atoms with Gasteiger partial charge in [-0.15, -0.1) is 11.3 Å². The maximum absolute atomic E-state index is 12.9. The number of pyridine rings is 1. The van der Waals surface area contributed by atoms with Crippen LogP contribution in [0.15, 0.2) is 42.9 Å². The number of hydrogen-bond acceptors (Lipinski definition) is 4. The van der Waals surface area contributed by atoms with Crippen LogP contribution in [-0.4, -0.2) is 46.0 Å². The molecule has 3 aromatic heterocycles. The molecular weight excluding hydrogens is 356 g/mol. The average molecular weight is 383 g/mol. The molecule has 0 aromatic carbocycles. The Bertz CT molecular complexity index is 902. The van der Waals surface area contributed by atoms with Gasteiger partial charge in [-0.2, -0.15) is 0 Å². The quantitative estimate of drug-likeness (QED) is 0.654. The molecule has 5 nitrogen and oxygen atoms in total. The van der Waals surface area contributed by atoms with Crippen molar-refractivity contribution < 1.29 is 4.79 Å². The fourth-order valence-electron chi connectivity index (χ4n) is 3.87. The number of carbonyl (C=O) groups is 1. The predicted octanol–water partition coefficient (Wildman–Crippen LogP) is 4.08. The second-order valence-electron chi connectivity index (χ2n) is 7.22. The molecule has 3 aromatic rings. The van der Waals surface area contributed by atoms with Crippen LogP contribution in [0.2, 0.25) is 0 Å². The van der Waals surface area contributed by atoms with Crippen molar-refractivity contribution in [1.29, 1.82) is 0 Å². The van der Waals surface area contributed by atoms with Gasteiger partial charge in [-0.1, -0.05) is 6.42 Å². The topological polar surface area (TPSA) is 50.2 Å². The fraction of sp³-hybridized carbons (Fsp3) is 0.429. The summed E-state index contributed by atoms with van der Waals surface area (Å²) in [6, 6.07) is 8.57. The molecule has 1 atom stereocenters. The van der Waals surface area contributed by atoms with E-state index in [1.54, 1.807) is 6.20 Å². The van der Waals surface area contributed by atoms with Gasteiger partial charge in [0.2, 0.25) is 0 Å². The number of rotatable bonds is 6. The van der Waals surface area contributed by atoms with Crippen LogP contribution in [0.5, 0.6) is 0 Å². The van der Waals surface area contributed by atoms with E-state index in [2.05, 4.69) is 22.1 Å². The predicted molar refractivity (Wildman–Crippen MR) is 111 cm³/mol. The summed E-state index contributed by atoms with van der Waals surface area (Å²) in [6.07, 6.45) is 10.6. The molecule has 1 aliphatic rings. The van der Waals surface area contributed by atoms with Gasteiger partial charge in [0.1, 0.15) is 9.71 Å². The molecule has 1 fully saturated rings. The highest BCUT2D eigenvalue weighted by atomic mass is 32.1. The molecule has 142 valence electrons. The summed E-state index contributed by atoms with van der Waals surface area (Å²) < 4.78 is 2.00. The van der Waals surface area contributed by atoms with E-state index in [9.17, 15) is 4.79 Å². The van der Waals surface area contributed by atoms with E-state index < -0.39 is 0 Å². The Labute approximate surface area is 164 Å². The number of aromatic nitrogens is 2. The normalized spacial score (nSPS) is 18.0. The zero-order chi connectivity index (χ0) is 18.6. The molecule has 0 spiro atoms. The first-order valence-corrected chi connectivity index (χ1v) is 10.6. The minimum atomic E-state index is -0.00612. The molecule has 0 bridgehead atoms. The van der Waals surface area contributed by atoms with E-state index in [4.69, 9.17) is 0 Å². The van der Waals surface area contributed by atoms with E-state index in [-0.39, 0.29) is 5.91 Å². The number of hydrogen-bond donors (Lipinski definition) is 1. The average Bonchev–Trinajstić information content (AvgIpc) is 3.33. The number of thiophene rings is 1. The van der Waals surface area contributed by atoms with Gasteiger partial charge >= 0.3 is 0 Å². The highest BCUT2D eigenvalue weighted by Gasteiger charge is 2.21. The molecule has 0 saturated carbocycles. The molecular formula is C21H26N4OS. The second kappa shape index (κ2) is 8.23. The first-order chi connectivity index (χ1) is 13.2. The maximum atomic E-state index is 12.9. The third-order valence-corrected chi connectivity index (χ3v) is 6.46. The van der Waals surface area contributed by atoms with Gasteiger partial charge in [0, 0.05) is 43.1 Å². The smallest absolute Gasteiger partial charge is 0.263 e. The van der Waals surface area contributed by atoms with Gasteiger partial charge in [0.05, 0.1) is 5.69 Å². The largest absolute Gasteiger partial charge is 0.351 e. The van der Waals surface area contributed by atoms with Crippen molar-refractivity contribution in [1.82, 2.24) is 19.8 Å². The Kier molecular flexibility index (Phi) is 5.55. The molecule has 0 radical (unpaired) electrons. The van der Waals surface area contributed by atoms with Crippen molar-refractivity contribution in [3.63, 3.8) is 0 Å². The summed E-state index contributed by atoms with van der Waals surface area (Å²) >= 11 is 1.46. The molecule has 1 amide bonds. The van der Waals surface area contributed by atoms with Crippen LogP contribution in [0, 0.1) is 0 Å². The lowest BCUT2D eigenvalue weighted by Crippen LogP contribution is -2.39. The zero-order valence-corrected chi connectivity index (χ0v) is 16.5. The molecule has 1 aliphatic heterocycles. The van der Waals surface area contributed by atoms with E-state index in [0.717, 1.165) is 33.7 Å². The summed E-state index contributed by atoms with van der Waals surface area (Å²) in [5.41, 5.74) is 0.926. The van der Waals surface area contributed by atoms with E-state index in [1.807, 2.05) is 41.2 Å². The minimum absolute atomic E-state index is 0.00612. The third-order valence-electron chi connectivity index (χ3n) is 5.36. The van der Waals surface area contributed by atoms with Gasteiger partial charge in [0.15, 0.2) is 0 Å². The molecule has 4 heterocycles. The van der Waals surface area contributed by atoms with Crippen LogP contribution >= 0.6 is 11.3 Å². The van der Waals surface area contributed by atoms with Gasteiger partial charge in [-0.3, -0.25) is 4.79 Å². The molecule has 1 N–H and O–H groups in total. The number of nitrogens with zero attached hydrogens (tertiary/aromatic N) is 3. The van der Waals surface area contributed by atoms with E-state index >= 15 is 0 Å². The number of carbonyl (C=O) groups excluding carboxylic acids is 1. The highest BCUT2D eigenvalue weighted by Crippen LogP contribution is 2.33. The molecule has 0 aliphatic carbocycles. The number of nitrogens with one attached hydrogen (secondary N) is 1. The molecule has 4 rings (SSSR count). The Morgan fingerprint density at radius 1 is 1.30 bits per heavy atom. The monoisotopic (exact) mass is 382 g/mol. The van der Waals surface area contributed by atoms with Gasteiger partial charge in [0.25, 0.3) is 5.91 Å². The van der Waals surface area contributed by atoms with Gasteiger partial charge in [-0.25, -0.2) is 4.98 Å². The van der Waals surface area contributed by atoms with E-state index in [0.29, 0.717) is 12.6 Å². The summed E-state index contributed by atoms with van der Waals surface area (Å²) in [4.78, 5) is 21.5.